The van der Waals surface area contributed by atoms with Crippen LogP contribution in [0.4, 0.5) is 0 Å². The normalized spacial score (nSPS) is 27.2. The Morgan fingerprint density at radius 2 is 1.91 bits per heavy atom. The number of nitrogens with one attached hydrogen (secondary N) is 2. The SMILES string of the molecule is CC(C)CNC(=NCC(=O)N(C)C)NCC1CN2CCN1CC2. The minimum atomic E-state index is 0.0160. The highest BCUT2D eigenvalue weighted by Gasteiger charge is 2.31. The Hall–Kier alpha value is -1.34. The molecule has 2 N–H and O–H groups in total. The number of nitrogens with zero attached hydrogens (tertiary/aromatic N) is 4. The second kappa shape index (κ2) is 8.49. The quantitative estimate of drug-likeness (QED) is 0.498. The third kappa shape index (κ3) is 5.66. The van der Waals surface area contributed by atoms with Crippen molar-refractivity contribution in [3.05, 3.63) is 0 Å². The van der Waals surface area contributed by atoms with Gasteiger partial charge in [-0.3, -0.25) is 14.6 Å². The first-order valence-electron chi connectivity index (χ1n) is 8.64. The van der Waals surface area contributed by atoms with Crippen LogP contribution in [0.1, 0.15) is 13.8 Å². The van der Waals surface area contributed by atoms with E-state index in [9.17, 15) is 4.79 Å². The van der Waals surface area contributed by atoms with E-state index in [4.69, 9.17) is 0 Å². The molecule has 1 unspecified atom stereocenters. The van der Waals surface area contributed by atoms with Crippen LogP contribution in [0.15, 0.2) is 4.99 Å². The Bertz CT molecular complexity index is 415. The maximum atomic E-state index is 11.7. The van der Waals surface area contributed by atoms with E-state index in [-0.39, 0.29) is 12.5 Å². The summed E-state index contributed by atoms with van der Waals surface area (Å²) in [5.74, 6) is 1.29. The minimum Gasteiger partial charge on any atom is -0.356 e. The summed E-state index contributed by atoms with van der Waals surface area (Å²) in [5.41, 5.74) is 0. The molecular weight excluding hydrogens is 292 g/mol. The number of hydrogen-bond acceptors (Lipinski definition) is 4. The first kappa shape index (κ1) is 18.0. The van der Waals surface area contributed by atoms with Crippen LogP contribution >= 0.6 is 0 Å². The van der Waals surface area contributed by atoms with E-state index < -0.39 is 0 Å². The van der Waals surface area contributed by atoms with Crippen molar-refractivity contribution in [2.45, 2.75) is 19.9 Å². The average molecular weight is 324 g/mol. The number of likely N-dealkylation sites (N-methyl/N-ethyl adjacent to an activating group) is 1. The maximum Gasteiger partial charge on any atom is 0.243 e. The van der Waals surface area contributed by atoms with Gasteiger partial charge in [-0.05, 0) is 5.92 Å². The molecule has 7 heteroatoms. The van der Waals surface area contributed by atoms with E-state index in [1.54, 1.807) is 19.0 Å². The second-order valence-corrected chi connectivity index (χ2v) is 7.10. The van der Waals surface area contributed by atoms with Crippen molar-refractivity contribution < 1.29 is 4.79 Å². The third-order valence-electron chi connectivity index (χ3n) is 4.45. The maximum absolute atomic E-state index is 11.7. The molecule has 0 aromatic heterocycles. The molecule has 3 fully saturated rings. The lowest BCUT2D eigenvalue weighted by Gasteiger charge is -2.47. The van der Waals surface area contributed by atoms with Gasteiger partial charge in [0.15, 0.2) is 5.96 Å². The number of amides is 1. The second-order valence-electron chi connectivity index (χ2n) is 7.10. The van der Waals surface area contributed by atoms with Crippen LogP contribution in [-0.4, -0.2) is 99.1 Å². The summed E-state index contributed by atoms with van der Waals surface area (Å²) in [7, 11) is 3.51. The number of fused-ring (bicyclic) bond motifs is 3. The van der Waals surface area contributed by atoms with Gasteiger partial charge >= 0.3 is 0 Å². The lowest BCUT2D eigenvalue weighted by Crippen LogP contribution is -2.63. The fourth-order valence-electron chi connectivity index (χ4n) is 2.90. The van der Waals surface area contributed by atoms with Gasteiger partial charge < -0.3 is 15.5 Å². The zero-order valence-corrected chi connectivity index (χ0v) is 15.0. The van der Waals surface area contributed by atoms with Crippen molar-refractivity contribution >= 4 is 11.9 Å². The summed E-state index contributed by atoms with van der Waals surface area (Å²) >= 11 is 0. The van der Waals surface area contributed by atoms with Crippen molar-refractivity contribution in [3.63, 3.8) is 0 Å². The number of aliphatic imine (C=N–C) groups is 1. The molecule has 1 amide bonds. The van der Waals surface area contributed by atoms with Crippen molar-refractivity contribution in [2.24, 2.45) is 10.9 Å². The van der Waals surface area contributed by atoms with E-state index in [1.807, 2.05) is 0 Å². The fraction of sp³-hybridized carbons (Fsp3) is 0.875. The molecule has 0 radical (unpaired) electrons. The molecule has 3 aliphatic heterocycles. The van der Waals surface area contributed by atoms with E-state index in [0.29, 0.717) is 12.0 Å². The Labute approximate surface area is 140 Å². The van der Waals surface area contributed by atoms with Gasteiger partial charge in [0.25, 0.3) is 0 Å². The zero-order chi connectivity index (χ0) is 16.8. The van der Waals surface area contributed by atoms with Crippen molar-refractivity contribution in [2.75, 3.05) is 66.5 Å². The smallest absolute Gasteiger partial charge is 0.243 e. The van der Waals surface area contributed by atoms with Gasteiger partial charge in [-0.1, -0.05) is 13.8 Å². The van der Waals surface area contributed by atoms with E-state index in [2.05, 4.69) is 39.3 Å². The van der Waals surface area contributed by atoms with E-state index >= 15 is 0 Å². The lowest BCUT2D eigenvalue weighted by molar-refractivity contribution is -0.127. The third-order valence-corrected chi connectivity index (χ3v) is 4.45. The number of carbonyl (C=O) groups excluding carboxylic acids is 1. The van der Waals surface area contributed by atoms with Gasteiger partial charge in [-0.15, -0.1) is 0 Å². The molecular formula is C16H32N6O. The average Bonchev–Trinajstić information content (AvgIpc) is 2.54. The molecule has 0 spiro atoms. The molecule has 3 aliphatic rings. The lowest BCUT2D eigenvalue weighted by atomic mass is 10.1. The number of carbonyl (C=O) groups is 1. The first-order valence-corrected chi connectivity index (χ1v) is 8.64. The Morgan fingerprint density at radius 3 is 2.43 bits per heavy atom. The molecule has 2 bridgehead atoms. The van der Waals surface area contributed by atoms with E-state index in [1.165, 1.54) is 13.1 Å². The van der Waals surface area contributed by atoms with Crippen molar-refractivity contribution in [1.29, 1.82) is 0 Å². The molecule has 23 heavy (non-hydrogen) atoms. The topological polar surface area (TPSA) is 63.2 Å². The summed E-state index contributed by atoms with van der Waals surface area (Å²) in [4.78, 5) is 22.8. The first-order chi connectivity index (χ1) is 11.0. The highest BCUT2D eigenvalue weighted by Crippen LogP contribution is 2.14. The highest BCUT2D eigenvalue weighted by atomic mass is 16.2. The molecule has 3 heterocycles. The Morgan fingerprint density at radius 1 is 1.22 bits per heavy atom. The molecule has 0 aromatic rings. The van der Waals surface area contributed by atoms with Crippen LogP contribution in [0.2, 0.25) is 0 Å². The summed E-state index contributed by atoms with van der Waals surface area (Å²) in [6.07, 6.45) is 0. The van der Waals surface area contributed by atoms with Gasteiger partial charge in [-0.25, -0.2) is 4.99 Å². The Balaban J connectivity index is 1.86. The number of hydrogen-bond donors (Lipinski definition) is 2. The van der Waals surface area contributed by atoms with Gasteiger partial charge in [0, 0.05) is 66.0 Å². The summed E-state index contributed by atoms with van der Waals surface area (Å²) < 4.78 is 0. The summed E-state index contributed by atoms with van der Waals surface area (Å²) in [6, 6.07) is 0.535. The van der Waals surface area contributed by atoms with Crippen LogP contribution in [0.5, 0.6) is 0 Å². The molecule has 132 valence electrons. The van der Waals surface area contributed by atoms with Gasteiger partial charge in [0.1, 0.15) is 6.54 Å². The van der Waals surface area contributed by atoms with E-state index in [0.717, 1.165) is 38.7 Å². The highest BCUT2D eigenvalue weighted by molar-refractivity contribution is 5.84. The minimum absolute atomic E-state index is 0.0160. The van der Waals surface area contributed by atoms with Crippen LogP contribution in [0, 0.1) is 5.92 Å². The summed E-state index contributed by atoms with van der Waals surface area (Å²) in [6.45, 7) is 12.1. The zero-order valence-electron chi connectivity index (χ0n) is 15.0. The number of guanidine groups is 1. The predicted octanol–water partition coefficient (Wildman–Crippen LogP) is -0.734. The van der Waals surface area contributed by atoms with Crippen LogP contribution < -0.4 is 10.6 Å². The molecule has 7 nitrogen and oxygen atoms in total. The van der Waals surface area contributed by atoms with Crippen LogP contribution in [0.25, 0.3) is 0 Å². The standard InChI is InChI=1S/C16H32N6O/c1-13(2)9-17-16(19-11-15(23)20(3)4)18-10-14-12-21-5-7-22(14)8-6-21/h13-14H,5-12H2,1-4H3,(H2,17,18,19). The molecule has 0 aliphatic carbocycles. The number of piperazine rings is 3. The van der Waals surface area contributed by atoms with Gasteiger partial charge in [0.05, 0.1) is 0 Å². The molecule has 0 saturated carbocycles. The van der Waals surface area contributed by atoms with Crippen LogP contribution in [0.3, 0.4) is 0 Å². The molecule has 3 rings (SSSR count). The van der Waals surface area contributed by atoms with Crippen LogP contribution in [-0.2, 0) is 4.79 Å². The Kier molecular flexibility index (Phi) is 6.65. The largest absolute Gasteiger partial charge is 0.356 e. The summed E-state index contributed by atoms with van der Waals surface area (Å²) in [5, 5.41) is 6.76. The van der Waals surface area contributed by atoms with Gasteiger partial charge in [-0.2, -0.15) is 0 Å². The van der Waals surface area contributed by atoms with Crippen molar-refractivity contribution in [3.8, 4) is 0 Å². The van der Waals surface area contributed by atoms with Crippen molar-refractivity contribution in [1.82, 2.24) is 25.3 Å². The fourth-order valence-corrected chi connectivity index (χ4v) is 2.90. The molecule has 1 atom stereocenters. The molecule has 0 aromatic carbocycles. The monoisotopic (exact) mass is 324 g/mol. The van der Waals surface area contributed by atoms with Gasteiger partial charge in [0.2, 0.25) is 5.91 Å². The number of rotatable bonds is 6. The molecule has 3 saturated heterocycles. The predicted molar refractivity (Wildman–Crippen MR) is 93.6 cm³/mol.